The molecule has 0 radical (unpaired) electrons. The van der Waals surface area contributed by atoms with Gasteiger partial charge in [0.15, 0.2) is 0 Å². The summed E-state index contributed by atoms with van der Waals surface area (Å²) in [7, 11) is 0. The molecule has 0 fully saturated rings. The zero-order chi connectivity index (χ0) is 8.85. The second-order valence-electron chi connectivity index (χ2n) is 2.10. The second-order valence-corrected chi connectivity index (χ2v) is 2.10. The van der Waals surface area contributed by atoms with Crippen molar-refractivity contribution in [3.8, 4) is 0 Å². The van der Waals surface area contributed by atoms with E-state index in [0.717, 1.165) is 0 Å². The van der Waals surface area contributed by atoms with Crippen LogP contribution in [0.1, 0.15) is 6.92 Å². The molecule has 66 valence electrons. The van der Waals surface area contributed by atoms with Crippen LogP contribution in [0.15, 0.2) is 0 Å². The van der Waals surface area contributed by atoms with Crippen LogP contribution in [-0.4, -0.2) is 84.4 Å². The van der Waals surface area contributed by atoms with E-state index in [1.807, 2.05) is 0 Å². The fourth-order valence-corrected chi connectivity index (χ4v) is 0.395. The Labute approximate surface area is 100 Å². The van der Waals surface area contributed by atoms with Crippen molar-refractivity contribution in [2.24, 2.45) is 0 Å². The van der Waals surface area contributed by atoms with Gasteiger partial charge >= 0.3 is 43.7 Å². The van der Waals surface area contributed by atoms with Crippen LogP contribution in [0, 0.1) is 0 Å². The first-order valence-electron chi connectivity index (χ1n) is 3.22. The predicted molar refractivity (Wildman–Crippen MR) is 41.5 cm³/mol. The van der Waals surface area contributed by atoms with Crippen molar-refractivity contribution in [3.63, 3.8) is 0 Å². The van der Waals surface area contributed by atoms with Crippen molar-refractivity contribution in [2.45, 2.75) is 19.1 Å². The first kappa shape index (κ1) is 15.1. The normalized spacial score (nSPS) is 12.1. The van der Waals surface area contributed by atoms with E-state index in [4.69, 9.17) is 15.3 Å². The van der Waals surface area contributed by atoms with Gasteiger partial charge in [0.25, 0.3) is 0 Å². The molecule has 0 amide bonds. The van der Waals surface area contributed by atoms with Gasteiger partial charge in [-0.05, 0) is 6.92 Å². The molecule has 0 aliphatic rings. The molecule has 0 aliphatic carbocycles. The molecule has 0 heterocycles. The summed E-state index contributed by atoms with van der Waals surface area (Å²) in [6.07, 6.45) is -2.16. The van der Waals surface area contributed by atoms with Gasteiger partial charge in [-0.1, -0.05) is 0 Å². The molecule has 0 saturated heterocycles. The molecule has 0 rings (SSSR count). The van der Waals surface area contributed by atoms with E-state index in [1.165, 1.54) is 6.92 Å². The molecule has 5 nitrogen and oxygen atoms in total. The number of carbonyl (C=O) groups excluding carboxylic acids is 1. The van der Waals surface area contributed by atoms with Gasteiger partial charge in [-0.2, -0.15) is 0 Å². The Bertz CT molecular complexity index is 123. The van der Waals surface area contributed by atoms with Crippen molar-refractivity contribution in [3.05, 3.63) is 0 Å². The van der Waals surface area contributed by atoms with Crippen molar-refractivity contribution >= 4 is 43.7 Å². The Morgan fingerprint density at radius 2 is 1.83 bits per heavy atom. The van der Waals surface area contributed by atoms with Crippen LogP contribution >= 0.6 is 0 Å². The molecule has 0 spiro atoms. The molecule has 6 heteroatoms. The molecule has 0 aromatic carbocycles. The van der Waals surface area contributed by atoms with Gasteiger partial charge in [0, 0.05) is 0 Å². The van der Waals surface area contributed by atoms with Crippen molar-refractivity contribution in [1.82, 2.24) is 0 Å². The van der Waals surface area contributed by atoms with E-state index >= 15 is 0 Å². The first-order valence-corrected chi connectivity index (χ1v) is 3.22. The van der Waals surface area contributed by atoms with Gasteiger partial charge in [0.2, 0.25) is 0 Å². The molecule has 12 heavy (non-hydrogen) atoms. The maximum absolute atomic E-state index is 10.6. The number of esters is 1. The summed E-state index contributed by atoms with van der Waals surface area (Å²) < 4.78 is 4.42. The van der Waals surface area contributed by atoms with E-state index in [2.05, 4.69) is 4.74 Å². The average Bonchev–Trinajstić information content (AvgIpc) is 1.99. The van der Waals surface area contributed by atoms with Gasteiger partial charge in [-0.15, -0.1) is 0 Å². The minimum Gasteiger partial charge on any atom is -0.456 e. The second kappa shape index (κ2) is 8.22. The zero-order valence-electron chi connectivity index (χ0n) is 6.93. The number of hydrogen-bond acceptors (Lipinski definition) is 5. The summed E-state index contributed by atoms with van der Waals surface area (Å²) in [5.74, 6) is -0.849. The first-order chi connectivity index (χ1) is 5.11. The molecular formula is C6H12CaO5+2. The molecular weight excluding hydrogens is 192 g/mol. The topological polar surface area (TPSA) is 87.0 Å². The van der Waals surface area contributed by atoms with Gasteiger partial charge in [0.05, 0.1) is 13.2 Å². The van der Waals surface area contributed by atoms with E-state index < -0.39 is 31.4 Å². The minimum absolute atomic E-state index is 0. The number of rotatable bonds is 4. The van der Waals surface area contributed by atoms with Crippen LogP contribution < -0.4 is 0 Å². The smallest absolute Gasteiger partial charge is 0.456 e. The molecule has 0 aliphatic heterocycles. The predicted octanol–water partition coefficient (Wildman–Crippen LogP) is -2.12. The van der Waals surface area contributed by atoms with E-state index in [0.29, 0.717) is 0 Å². The fourth-order valence-electron chi connectivity index (χ4n) is 0.395. The summed E-state index contributed by atoms with van der Waals surface area (Å²) in [5.41, 5.74) is 0. The molecule has 3 N–H and O–H groups in total. The van der Waals surface area contributed by atoms with Gasteiger partial charge in [-0.3, -0.25) is 0 Å². The molecule has 0 aromatic rings. The van der Waals surface area contributed by atoms with E-state index in [1.54, 1.807) is 0 Å². The maximum atomic E-state index is 10.6. The SMILES string of the molecule is CC(O)C(=O)OC(CO)CO.[Ca+2]. The Morgan fingerprint density at radius 3 is 2.08 bits per heavy atom. The van der Waals surface area contributed by atoms with Gasteiger partial charge in [-0.25, -0.2) is 4.79 Å². The third-order valence-corrected chi connectivity index (χ3v) is 1.03. The summed E-state index contributed by atoms with van der Waals surface area (Å²) in [4.78, 5) is 10.6. The summed E-state index contributed by atoms with van der Waals surface area (Å²) in [6.45, 7) is 0.345. The van der Waals surface area contributed by atoms with Gasteiger partial charge in [0.1, 0.15) is 12.2 Å². The molecule has 0 saturated carbocycles. The molecule has 1 unspecified atom stereocenters. The van der Waals surface area contributed by atoms with E-state index in [-0.39, 0.29) is 37.7 Å². The Morgan fingerprint density at radius 1 is 1.42 bits per heavy atom. The summed E-state index contributed by atoms with van der Waals surface area (Å²) >= 11 is 0. The molecule has 0 bridgehead atoms. The number of ether oxygens (including phenoxy) is 1. The van der Waals surface area contributed by atoms with Crippen LogP contribution in [0.25, 0.3) is 0 Å². The van der Waals surface area contributed by atoms with Crippen molar-refractivity contribution < 1.29 is 24.9 Å². The number of aliphatic hydroxyl groups excluding tert-OH is 3. The molecule has 1 atom stereocenters. The standard InChI is InChI=1S/C6H12O5.Ca/c1-4(9)6(10)11-5(2-7)3-8;/h4-5,7-9H,2-3H2,1H3;/q;+2. The largest absolute Gasteiger partial charge is 2.00 e. The molecule has 0 aromatic heterocycles. The average molecular weight is 204 g/mol. The summed E-state index contributed by atoms with van der Waals surface area (Å²) in [6, 6.07) is 0. The van der Waals surface area contributed by atoms with Crippen LogP contribution in [0.2, 0.25) is 0 Å². The van der Waals surface area contributed by atoms with Crippen LogP contribution in [-0.2, 0) is 9.53 Å². The van der Waals surface area contributed by atoms with Crippen LogP contribution in [0.3, 0.4) is 0 Å². The van der Waals surface area contributed by atoms with E-state index in [9.17, 15) is 4.79 Å². The zero-order valence-corrected chi connectivity index (χ0v) is 9.14. The number of hydrogen-bond donors (Lipinski definition) is 3. The quantitative estimate of drug-likeness (QED) is 0.360. The number of aliphatic hydroxyl groups is 3. The number of carbonyl (C=O) groups is 1. The van der Waals surface area contributed by atoms with Crippen molar-refractivity contribution in [1.29, 1.82) is 0 Å². The minimum atomic E-state index is -1.23. The third kappa shape index (κ3) is 6.16. The fraction of sp³-hybridized carbons (Fsp3) is 0.833. The monoisotopic (exact) mass is 204 g/mol. The van der Waals surface area contributed by atoms with Crippen LogP contribution in [0.4, 0.5) is 0 Å². The van der Waals surface area contributed by atoms with Gasteiger partial charge < -0.3 is 20.1 Å². The Hall–Kier alpha value is 0.610. The maximum Gasteiger partial charge on any atom is 2.00 e. The summed E-state index contributed by atoms with van der Waals surface area (Å²) in [5, 5.41) is 25.5. The van der Waals surface area contributed by atoms with Crippen LogP contribution in [0.5, 0.6) is 0 Å². The third-order valence-electron chi connectivity index (χ3n) is 1.03. The Balaban J connectivity index is 0. The van der Waals surface area contributed by atoms with Crippen molar-refractivity contribution in [2.75, 3.05) is 13.2 Å². The Kier molecular flexibility index (Phi) is 10.3.